The van der Waals surface area contributed by atoms with E-state index in [4.69, 9.17) is 0 Å². The number of carbonyl (C=O) groups is 1. The molecule has 0 saturated heterocycles. The van der Waals surface area contributed by atoms with E-state index in [0.29, 0.717) is 10.4 Å². The van der Waals surface area contributed by atoms with Gasteiger partial charge in [0.2, 0.25) is 5.82 Å². The number of rotatable bonds is 3. The summed E-state index contributed by atoms with van der Waals surface area (Å²) in [7, 11) is 1.60. The highest BCUT2D eigenvalue weighted by Gasteiger charge is 2.20. The Morgan fingerprint density at radius 3 is 2.62 bits per heavy atom. The van der Waals surface area contributed by atoms with Crippen LogP contribution in [0.3, 0.4) is 0 Å². The molecule has 1 N–H and O–H groups in total. The van der Waals surface area contributed by atoms with Crippen LogP contribution in [0, 0.1) is 5.82 Å². The molecule has 3 rings (SSSR count). The molecule has 1 aromatic carbocycles. The first-order valence-electron chi connectivity index (χ1n) is 5.92. The van der Waals surface area contributed by atoms with Crippen molar-refractivity contribution in [2.45, 2.75) is 0 Å². The predicted octanol–water partition coefficient (Wildman–Crippen LogP) is 2.44. The molecule has 0 unspecified atom stereocenters. The molecule has 0 fully saturated rings. The molecule has 0 radical (unpaired) electrons. The summed E-state index contributed by atoms with van der Waals surface area (Å²) in [5.41, 5.74) is 1.14. The van der Waals surface area contributed by atoms with E-state index < -0.39 is 5.97 Å². The average Bonchev–Trinajstić information content (AvgIpc) is 3.05. The third-order valence-electron chi connectivity index (χ3n) is 2.80. The first kappa shape index (κ1) is 13.4. The van der Waals surface area contributed by atoms with Crippen LogP contribution in [0.5, 0.6) is 0 Å². The third kappa shape index (κ3) is 2.52. The van der Waals surface area contributed by atoms with Crippen molar-refractivity contribution in [2.75, 3.05) is 0 Å². The summed E-state index contributed by atoms with van der Waals surface area (Å²) in [4.78, 5) is 13.5. The molecule has 2 aromatic heterocycles. The van der Waals surface area contributed by atoms with Crippen molar-refractivity contribution < 1.29 is 14.3 Å². The number of aromatic nitrogens is 4. The normalized spacial score (nSPS) is 10.8. The Morgan fingerprint density at radius 2 is 2.05 bits per heavy atom. The zero-order valence-corrected chi connectivity index (χ0v) is 11.6. The van der Waals surface area contributed by atoms with Crippen LogP contribution in [0.2, 0.25) is 0 Å². The summed E-state index contributed by atoms with van der Waals surface area (Å²) in [6, 6.07) is 7.53. The van der Waals surface area contributed by atoms with E-state index in [-0.39, 0.29) is 16.5 Å². The standard InChI is InChI=1S/C13H9FN4O2S/c1-18-16-12(15-17-18)9-6-10(21-11(9)13(19)20)7-2-4-8(14)5-3-7/h2-6H,1H3,(H,19,20). The van der Waals surface area contributed by atoms with Crippen LogP contribution in [0.25, 0.3) is 21.8 Å². The molecule has 0 aliphatic carbocycles. The number of nitrogens with zero attached hydrogens (tertiary/aromatic N) is 4. The molecule has 6 nitrogen and oxygen atoms in total. The second-order valence-corrected chi connectivity index (χ2v) is 5.32. The number of thiophene rings is 1. The van der Waals surface area contributed by atoms with Gasteiger partial charge in [-0.3, -0.25) is 0 Å². The molecule has 21 heavy (non-hydrogen) atoms. The Balaban J connectivity index is 2.12. The van der Waals surface area contributed by atoms with Crippen LogP contribution in [0.1, 0.15) is 9.67 Å². The van der Waals surface area contributed by atoms with Gasteiger partial charge in [-0.15, -0.1) is 21.5 Å². The fourth-order valence-corrected chi connectivity index (χ4v) is 2.86. The van der Waals surface area contributed by atoms with Crippen LogP contribution in [0.15, 0.2) is 30.3 Å². The minimum Gasteiger partial charge on any atom is -0.477 e. The second kappa shape index (κ2) is 5.06. The van der Waals surface area contributed by atoms with Crippen molar-refractivity contribution in [3.05, 3.63) is 41.0 Å². The Bertz CT molecular complexity index is 810. The van der Waals surface area contributed by atoms with Gasteiger partial charge in [-0.1, -0.05) is 12.1 Å². The monoisotopic (exact) mass is 304 g/mol. The number of benzene rings is 1. The van der Waals surface area contributed by atoms with E-state index in [1.165, 1.54) is 16.9 Å². The van der Waals surface area contributed by atoms with Crippen molar-refractivity contribution in [1.82, 2.24) is 20.2 Å². The van der Waals surface area contributed by atoms with Gasteiger partial charge in [0.15, 0.2) is 0 Å². The van der Waals surface area contributed by atoms with Gasteiger partial charge in [-0.2, -0.15) is 4.80 Å². The zero-order chi connectivity index (χ0) is 15.0. The van der Waals surface area contributed by atoms with Gasteiger partial charge in [-0.25, -0.2) is 9.18 Å². The quantitative estimate of drug-likeness (QED) is 0.804. The number of hydrogen-bond acceptors (Lipinski definition) is 5. The fourth-order valence-electron chi connectivity index (χ4n) is 1.86. The molecule has 8 heteroatoms. The van der Waals surface area contributed by atoms with Gasteiger partial charge >= 0.3 is 5.97 Å². The smallest absolute Gasteiger partial charge is 0.346 e. The molecule has 2 heterocycles. The third-order valence-corrected chi connectivity index (χ3v) is 3.98. The molecule has 106 valence electrons. The fraction of sp³-hybridized carbons (Fsp3) is 0.0769. The van der Waals surface area contributed by atoms with Crippen molar-refractivity contribution >= 4 is 17.3 Å². The zero-order valence-electron chi connectivity index (χ0n) is 10.8. The van der Waals surface area contributed by atoms with E-state index in [0.717, 1.165) is 16.9 Å². The molecule has 0 aliphatic heterocycles. The Hall–Kier alpha value is -2.61. The number of aromatic carboxylic acids is 1. The lowest BCUT2D eigenvalue weighted by atomic mass is 10.1. The average molecular weight is 304 g/mol. The summed E-state index contributed by atoms with van der Waals surface area (Å²) in [5, 5.41) is 20.9. The van der Waals surface area contributed by atoms with Crippen LogP contribution < -0.4 is 0 Å². The molecular weight excluding hydrogens is 295 g/mol. The maximum absolute atomic E-state index is 13.0. The lowest BCUT2D eigenvalue weighted by molar-refractivity contribution is 0.0703. The van der Waals surface area contributed by atoms with Crippen molar-refractivity contribution in [2.24, 2.45) is 7.05 Å². The number of aryl methyl sites for hydroxylation is 1. The van der Waals surface area contributed by atoms with Crippen LogP contribution in [-0.4, -0.2) is 31.3 Å². The number of carboxylic acid groups (broad SMARTS) is 1. The Labute approximate surface area is 122 Å². The van der Waals surface area contributed by atoms with E-state index in [2.05, 4.69) is 15.4 Å². The van der Waals surface area contributed by atoms with Gasteiger partial charge in [0.05, 0.1) is 7.05 Å². The maximum atomic E-state index is 13.0. The topological polar surface area (TPSA) is 80.9 Å². The SMILES string of the molecule is Cn1nnc(-c2cc(-c3ccc(F)cc3)sc2C(=O)O)n1. The summed E-state index contributed by atoms with van der Waals surface area (Å²) in [5.74, 6) is -1.15. The highest BCUT2D eigenvalue weighted by Crippen LogP contribution is 2.35. The predicted molar refractivity (Wildman–Crippen MR) is 74.5 cm³/mol. The van der Waals surface area contributed by atoms with E-state index in [9.17, 15) is 14.3 Å². The molecule has 0 spiro atoms. The van der Waals surface area contributed by atoms with Gasteiger partial charge < -0.3 is 5.11 Å². The Kier molecular flexibility index (Phi) is 3.22. The highest BCUT2D eigenvalue weighted by molar-refractivity contribution is 7.17. The molecule has 0 atom stereocenters. The second-order valence-electron chi connectivity index (χ2n) is 4.27. The molecular formula is C13H9FN4O2S. The minimum atomic E-state index is -1.06. The van der Waals surface area contributed by atoms with Gasteiger partial charge in [0, 0.05) is 10.4 Å². The lowest BCUT2D eigenvalue weighted by Crippen LogP contribution is -1.96. The van der Waals surface area contributed by atoms with E-state index in [1.54, 1.807) is 25.2 Å². The first-order chi connectivity index (χ1) is 10.0. The van der Waals surface area contributed by atoms with Crippen molar-refractivity contribution in [3.63, 3.8) is 0 Å². The number of carboxylic acids is 1. The highest BCUT2D eigenvalue weighted by atomic mass is 32.1. The van der Waals surface area contributed by atoms with Crippen LogP contribution in [-0.2, 0) is 7.05 Å². The first-order valence-corrected chi connectivity index (χ1v) is 6.73. The summed E-state index contributed by atoms with van der Waals surface area (Å²) in [6.07, 6.45) is 0. The van der Waals surface area contributed by atoms with Gasteiger partial charge in [0.25, 0.3) is 0 Å². The summed E-state index contributed by atoms with van der Waals surface area (Å²) >= 11 is 1.09. The van der Waals surface area contributed by atoms with Gasteiger partial charge in [-0.05, 0) is 29.0 Å². The molecule has 0 aliphatic rings. The van der Waals surface area contributed by atoms with E-state index >= 15 is 0 Å². The van der Waals surface area contributed by atoms with Crippen LogP contribution in [0.4, 0.5) is 4.39 Å². The van der Waals surface area contributed by atoms with E-state index in [1.807, 2.05) is 0 Å². The number of hydrogen-bond donors (Lipinski definition) is 1. The lowest BCUT2D eigenvalue weighted by Gasteiger charge is -1.95. The van der Waals surface area contributed by atoms with Gasteiger partial charge in [0.1, 0.15) is 10.7 Å². The largest absolute Gasteiger partial charge is 0.477 e. The van der Waals surface area contributed by atoms with Crippen molar-refractivity contribution in [3.8, 4) is 21.8 Å². The molecule has 3 aromatic rings. The van der Waals surface area contributed by atoms with Crippen molar-refractivity contribution in [1.29, 1.82) is 0 Å². The molecule has 0 bridgehead atoms. The summed E-state index contributed by atoms with van der Waals surface area (Å²) < 4.78 is 13.0. The minimum absolute atomic E-state index is 0.127. The molecule has 0 amide bonds. The van der Waals surface area contributed by atoms with Crippen LogP contribution >= 0.6 is 11.3 Å². The number of tetrazole rings is 1. The molecule has 0 saturated carbocycles. The maximum Gasteiger partial charge on any atom is 0.346 e. The Morgan fingerprint density at radius 1 is 1.33 bits per heavy atom. The number of halogens is 1. The summed E-state index contributed by atoms with van der Waals surface area (Å²) in [6.45, 7) is 0.